The van der Waals surface area contributed by atoms with E-state index in [1.165, 1.54) is 12.1 Å². The zero-order chi connectivity index (χ0) is 13.5. The minimum absolute atomic E-state index is 0.0686. The number of hydrogen-bond acceptors (Lipinski definition) is 3. The standard InChI is InChI=1S/C12H11BrN2O3/c1-2-3-14-7-11(16)15-10-5-8(12(17)18)4-9(13)6-10/h1,4-6,14H,3,7H2,(H,15,16)(H,17,18). The number of amides is 1. The molecule has 1 amide bonds. The first-order chi connectivity index (χ1) is 8.52. The molecule has 0 atom stereocenters. The molecule has 1 rings (SSSR count). The SMILES string of the molecule is C#CCNCC(=O)Nc1cc(Br)cc(C(=O)O)c1. The molecule has 0 bridgehead atoms. The Balaban J connectivity index is 2.70. The first kappa shape index (κ1) is 14.2. The predicted octanol–water partition coefficient (Wildman–Crippen LogP) is 1.31. The lowest BCUT2D eigenvalue weighted by Gasteiger charge is -2.07. The third-order valence-corrected chi connectivity index (χ3v) is 2.40. The Hall–Kier alpha value is -1.84. The van der Waals surface area contributed by atoms with E-state index in [1.807, 2.05) is 0 Å². The zero-order valence-corrected chi connectivity index (χ0v) is 11.0. The van der Waals surface area contributed by atoms with Crippen molar-refractivity contribution in [2.24, 2.45) is 0 Å². The second-order valence-electron chi connectivity index (χ2n) is 3.39. The van der Waals surface area contributed by atoms with Crippen molar-refractivity contribution in [2.75, 3.05) is 18.4 Å². The lowest BCUT2D eigenvalue weighted by molar-refractivity contribution is -0.115. The Morgan fingerprint density at radius 1 is 1.39 bits per heavy atom. The van der Waals surface area contributed by atoms with E-state index in [2.05, 4.69) is 32.5 Å². The summed E-state index contributed by atoms with van der Waals surface area (Å²) < 4.78 is 0.578. The summed E-state index contributed by atoms with van der Waals surface area (Å²) in [6.07, 6.45) is 5.02. The highest BCUT2D eigenvalue weighted by Crippen LogP contribution is 2.19. The van der Waals surface area contributed by atoms with Crippen molar-refractivity contribution in [2.45, 2.75) is 0 Å². The molecule has 0 heterocycles. The highest BCUT2D eigenvalue weighted by molar-refractivity contribution is 9.10. The highest BCUT2D eigenvalue weighted by atomic mass is 79.9. The molecule has 0 aromatic heterocycles. The molecule has 6 heteroatoms. The van der Waals surface area contributed by atoms with Crippen LogP contribution in [0, 0.1) is 12.3 Å². The van der Waals surface area contributed by atoms with Crippen molar-refractivity contribution in [3.63, 3.8) is 0 Å². The van der Waals surface area contributed by atoms with E-state index < -0.39 is 5.97 Å². The average molecular weight is 311 g/mol. The van der Waals surface area contributed by atoms with Gasteiger partial charge in [0.05, 0.1) is 18.7 Å². The van der Waals surface area contributed by atoms with Crippen LogP contribution >= 0.6 is 15.9 Å². The van der Waals surface area contributed by atoms with Gasteiger partial charge in [0.1, 0.15) is 0 Å². The van der Waals surface area contributed by atoms with Gasteiger partial charge in [0.25, 0.3) is 0 Å². The molecule has 1 aromatic rings. The lowest BCUT2D eigenvalue weighted by atomic mass is 10.2. The molecule has 0 radical (unpaired) electrons. The molecule has 1 aromatic carbocycles. The summed E-state index contributed by atoms with van der Waals surface area (Å²) >= 11 is 3.18. The van der Waals surface area contributed by atoms with Crippen LogP contribution in [0.5, 0.6) is 0 Å². The predicted molar refractivity (Wildman–Crippen MR) is 71.4 cm³/mol. The topological polar surface area (TPSA) is 78.4 Å². The number of nitrogens with one attached hydrogen (secondary N) is 2. The minimum atomic E-state index is -1.06. The summed E-state index contributed by atoms with van der Waals surface area (Å²) in [4.78, 5) is 22.3. The molecule has 0 aliphatic carbocycles. The summed E-state index contributed by atoms with van der Waals surface area (Å²) in [5.41, 5.74) is 0.505. The second kappa shape index (κ2) is 6.79. The van der Waals surface area contributed by atoms with Gasteiger partial charge in [0.15, 0.2) is 0 Å². The van der Waals surface area contributed by atoms with Crippen LogP contribution in [0.25, 0.3) is 0 Å². The number of carboxylic acids is 1. The fraction of sp³-hybridized carbons (Fsp3) is 0.167. The number of carbonyl (C=O) groups is 2. The molecule has 0 spiro atoms. The second-order valence-corrected chi connectivity index (χ2v) is 4.31. The van der Waals surface area contributed by atoms with E-state index in [9.17, 15) is 9.59 Å². The summed E-state index contributed by atoms with van der Waals surface area (Å²) in [5, 5.41) is 14.2. The number of carboxylic acid groups (broad SMARTS) is 1. The smallest absolute Gasteiger partial charge is 0.335 e. The summed E-state index contributed by atoms with van der Waals surface area (Å²) in [6.45, 7) is 0.366. The third kappa shape index (κ3) is 4.57. The Kier molecular flexibility index (Phi) is 5.36. The fourth-order valence-corrected chi connectivity index (χ4v) is 1.73. The maximum atomic E-state index is 11.5. The number of anilines is 1. The number of aromatic carboxylic acids is 1. The minimum Gasteiger partial charge on any atom is -0.478 e. The maximum Gasteiger partial charge on any atom is 0.335 e. The molecular weight excluding hydrogens is 300 g/mol. The van der Waals surface area contributed by atoms with Crippen LogP contribution in [0.4, 0.5) is 5.69 Å². The molecule has 94 valence electrons. The van der Waals surface area contributed by atoms with Crippen LogP contribution < -0.4 is 10.6 Å². The van der Waals surface area contributed by atoms with E-state index in [4.69, 9.17) is 11.5 Å². The lowest BCUT2D eigenvalue weighted by Crippen LogP contribution is -2.28. The van der Waals surface area contributed by atoms with E-state index >= 15 is 0 Å². The van der Waals surface area contributed by atoms with Crippen LogP contribution in [0.2, 0.25) is 0 Å². The summed E-state index contributed by atoms with van der Waals surface area (Å²) in [5.74, 6) is 0.994. The Morgan fingerprint density at radius 2 is 2.11 bits per heavy atom. The van der Waals surface area contributed by atoms with Gasteiger partial charge in [0, 0.05) is 10.2 Å². The molecule has 18 heavy (non-hydrogen) atoms. The van der Waals surface area contributed by atoms with Gasteiger partial charge >= 0.3 is 5.97 Å². The van der Waals surface area contributed by atoms with Gasteiger partial charge in [-0.05, 0) is 18.2 Å². The number of carbonyl (C=O) groups excluding carboxylic acids is 1. The maximum absolute atomic E-state index is 11.5. The highest BCUT2D eigenvalue weighted by Gasteiger charge is 2.08. The zero-order valence-electron chi connectivity index (χ0n) is 9.37. The van der Waals surface area contributed by atoms with E-state index in [0.29, 0.717) is 16.7 Å². The van der Waals surface area contributed by atoms with Crippen molar-refractivity contribution in [3.8, 4) is 12.3 Å². The van der Waals surface area contributed by atoms with Gasteiger partial charge in [-0.3, -0.25) is 10.1 Å². The quantitative estimate of drug-likeness (QED) is 0.566. The summed E-state index contributed by atoms with van der Waals surface area (Å²) in [6, 6.07) is 4.45. The van der Waals surface area contributed by atoms with Crippen LogP contribution in [-0.4, -0.2) is 30.1 Å². The molecule has 0 unspecified atom stereocenters. The first-order valence-corrected chi connectivity index (χ1v) is 5.80. The molecule has 0 aliphatic rings. The number of terminal acetylenes is 1. The van der Waals surface area contributed by atoms with Crippen molar-refractivity contribution < 1.29 is 14.7 Å². The normalized spacial score (nSPS) is 9.56. The largest absolute Gasteiger partial charge is 0.478 e. The first-order valence-electron chi connectivity index (χ1n) is 5.01. The molecular formula is C12H11BrN2O3. The van der Waals surface area contributed by atoms with E-state index in [1.54, 1.807) is 6.07 Å². The molecule has 3 N–H and O–H groups in total. The molecule has 0 saturated carbocycles. The van der Waals surface area contributed by atoms with Crippen LogP contribution in [-0.2, 0) is 4.79 Å². The monoisotopic (exact) mass is 310 g/mol. The van der Waals surface area contributed by atoms with Gasteiger partial charge in [-0.1, -0.05) is 21.9 Å². The van der Waals surface area contributed by atoms with Crippen molar-refractivity contribution >= 4 is 33.5 Å². The van der Waals surface area contributed by atoms with Gasteiger partial charge in [-0.2, -0.15) is 0 Å². The van der Waals surface area contributed by atoms with E-state index in [0.717, 1.165) is 0 Å². The molecule has 0 aliphatic heterocycles. The van der Waals surface area contributed by atoms with Crippen LogP contribution in [0.1, 0.15) is 10.4 Å². The Labute approximate surface area is 113 Å². The van der Waals surface area contributed by atoms with Gasteiger partial charge in [0.2, 0.25) is 5.91 Å². The van der Waals surface area contributed by atoms with Gasteiger partial charge in [-0.15, -0.1) is 6.42 Å². The Bertz CT molecular complexity index is 509. The average Bonchev–Trinajstić information content (AvgIpc) is 2.28. The molecule has 5 nitrogen and oxygen atoms in total. The van der Waals surface area contributed by atoms with E-state index in [-0.39, 0.29) is 18.0 Å². The summed E-state index contributed by atoms with van der Waals surface area (Å²) in [7, 11) is 0. The van der Waals surface area contributed by atoms with Crippen LogP contribution in [0.15, 0.2) is 22.7 Å². The van der Waals surface area contributed by atoms with Crippen molar-refractivity contribution in [3.05, 3.63) is 28.2 Å². The van der Waals surface area contributed by atoms with Gasteiger partial charge < -0.3 is 10.4 Å². The molecule has 0 saturated heterocycles. The third-order valence-electron chi connectivity index (χ3n) is 1.94. The Morgan fingerprint density at radius 3 is 2.72 bits per heavy atom. The van der Waals surface area contributed by atoms with Crippen molar-refractivity contribution in [1.29, 1.82) is 0 Å². The van der Waals surface area contributed by atoms with Crippen LogP contribution in [0.3, 0.4) is 0 Å². The number of hydrogen-bond donors (Lipinski definition) is 3. The fourth-order valence-electron chi connectivity index (χ4n) is 1.24. The number of halogens is 1. The van der Waals surface area contributed by atoms with Gasteiger partial charge in [-0.25, -0.2) is 4.79 Å². The number of benzene rings is 1. The number of rotatable bonds is 5. The molecule has 0 fully saturated rings. The van der Waals surface area contributed by atoms with Crippen molar-refractivity contribution in [1.82, 2.24) is 5.32 Å².